The maximum atomic E-state index is 12.8. The van der Waals surface area contributed by atoms with E-state index in [4.69, 9.17) is 4.74 Å². The van der Waals surface area contributed by atoms with Crippen molar-refractivity contribution in [1.82, 2.24) is 14.9 Å². The molecule has 2 aliphatic rings. The number of aromatic nitrogens is 1. The van der Waals surface area contributed by atoms with Gasteiger partial charge in [-0.2, -0.15) is 0 Å². The molecule has 1 fully saturated rings. The summed E-state index contributed by atoms with van der Waals surface area (Å²) < 4.78 is 7.17. The molecule has 0 aliphatic carbocycles. The highest BCUT2D eigenvalue weighted by Crippen LogP contribution is 2.22. The summed E-state index contributed by atoms with van der Waals surface area (Å²) >= 11 is 0. The number of amides is 2. The van der Waals surface area contributed by atoms with Crippen LogP contribution in [0.4, 0.5) is 0 Å². The van der Waals surface area contributed by atoms with E-state index >= 15 is 0 Å². The third-order valence-corrected chi connectivity index (χ3v) is 4.22. The molecule has 1 saturated heterocycles. The summed E-state index contributed by atoms with van der Waals surface area (Å²) in [7, 11) is 0. The Labute approximate surface area is 143 Å². The average Bonchev–Trinajstić information content (AvgIpc) is 2.63. The lowest BCUT2D eigenvalue weighted by atomic mass is 10.2. The van der Waals surface area contributed by atoms with Crippen molar-refractivity contribution < 1.29 is 14.3 Å². The van der Waals surface area contributed by atoms with Crippen LogP contribution in [-0.4, -0.2) is 40.6 Å². The lowest BCUT2D eigenvalue weighted by molar-refractivity contribution is -0.124. The fourth-order valence-corrected chi connectivity index (χ4v) is 2.96. The Morgan fingerprint density at radius 1 is 1.12 bits per heavy atom. The molecule has 8 heteroatoms. The summed E-state index contributed by atoms with van der Waals surface area (Å²) in [5.74, 6) is -0.655. The molecule has 1 aromatic heterocycles. The SMILES string of the molecule is O=C1CN2C(=O)c3c(OCc4ccccc4)c(=O)ccn3N[C@@H]2CN1. The lowest BCUT2D eigenvalue weighted by Crippen LogP contribution is -2.64. The van der Waals surface area contributed by atoms with Crippen LogP contribution in [-0.2, 0) is 11.4 Å². The summed E-state index contributed by atoms with van der Waals surface area (Å²) in [5, 5.41) is 2.70. The minimum absolute atomic E-state index is 0.0201. The highest BCUT2D eigenvalue weighted by Gasteiger charge is 2.38. The van der Waals surface area contributed by atoms with Crippen molar-refractivity contribution in [3.63, 3.8) is 0 Å². The van der Waals surface area contributed by atoms with Gasteiger partial charge in [-0.05, 0) is 5.56 Å². The second-order valence-electron chi connectivity index (χ2n) is 5.88. The van der Waals surface area contributed by atoms with Crippen molar-refractivity contribution >= 4 is 11.8 Å². The third kappa shape index (κ3) is 2.71. The molecular weight excluding hydrogens is 324 g/mol. The van der Waals surface area contributed by atoms with Gasteiger partial charge in [-0.15, -0.1) is 0 Å². The number of nitrogens with zero attached hydrogens (tertiary/aromatic N) is 2. The molecule has 0 radical (unpaired) electrons. The summed E-state index contributed by atoms with van der Waals surface area (Å²) in [4.78, 5) is 38.1. The Morgan fingerprint density at radius 3 is 2.72 bits per heavy atom. The molecule has 0 spiro atoms. The quantitative estimate of drug-likeness (QED) is 0.813. The van der Waals surface area contributed by atoms with Crippen molar-refractivity contribution in [2.24, 2.45) is 0 Å². The normalized spacial score (nSPS) is 18.7. The van der Waals surface area contributed by atoms with E-state index in [1.807, 2.05) is 30.3 Å². The van der Waals surface area contributed by atoms with Gasteiger partial charge >= 0.3 is 0 Å². The van der Waals surface area contributed by atoms with E-state index < -0.39 is 5.91 Å². The minimum atomic E-state index is -0.403. The van der Waals surface area contributed by atoms with E-state index in [1.165, 1.54) is 21.8 Å². The molecule has 0 unspecified atom stereocenters. The Balaban J connectivity index is 1.68. The van der Waals surface area contributed by atoms with Gasteiger partial charge in [0.15, 0.2) is 11.4 Å². The number of pyridine rings is 1. The van der Waals surface area contributed by atoms with Gasteiger partial charge in [0.05, 0.1) is 6.54 Å². The van der Waals surface area contributed by atoms with Gasteiger partial charge < -0.3 is 20.4 Å². The molecule has 1 aromatic carbocycles. The van der Waals surface area contributed by atoms with Crippen LogP contribution < -0.4 is 20.9 Å². The van der Waals surface area contributed by atoms with Crippen LogP contribution >= 0.6 is 0 Å². The van der Waals surface area contributed by atoms with Crippen LogP contribution in [0.25, 0.3) is 0 Å². The molecule has 4 rings (SSSR count). The molecule has 8 nitrogen and oxygen atoms in total. The number of benzene rings is 1. The maximum Gasteiger partial charge on any atom is 0.278 e. The van der Waals surface area contributed by atoms with Crippen molar-refractivity contribution in [3.05, 3.63) is 64.1 Å². The maximum absolute atomic E-state index is 12.8. The van der Waals surface area contributed by atoms with Crippen molar-refractivity contribution in [1.29, 1.82) is 0 Å². The molecule has 3 heterocycles. The van der Waals surface area contributed by atoms with E-state index in [0.717, 1.165) is 5.56 Å². The first-order valence-electron chi connectivity index (χ1n) is 7.90. The Bertz CT molecular complexity index is 893. The van der Waals surface area contributed by atoms with Crippen LogP contribution in [0.3, 0.4) is 0 Å². The van der Waals surface area contributed by atoms with Gasteiger partial charge in [0.1, 0.15) is 19.3 Å². The van der Waals surface area contributed by atoms with Crippen LogP contribution in [0, 0.1) is 0 Å². The number of hydrogen-bond donors (Lipinski definition) is 2. The second-order valence-corrected chi connectivity index (χ2v) is 5.88. The monoisotopic (exact) mass is 340 g/mol. The van der Waals surface area contributed by atoms with Crippen LogP contribution in [0.1, 0.15) is 16.1 Å². The molecule has 1 atom stereocenters. The van der Waals surface area contributed by atoms with Crippen LogP contribution in [0.2, 0.25) is 0 Å². The van der Waals surface area contributed by atoms with Gasteiger partial charge in [-0.1, -0.05) is 30.3 Å². The first-order chi connectivity index (χ1) is 12.1. The van der Waals surface area contributed by atoms with E-state index in [0.29, 0.717) is 6.54 Å². The largest absolute Gasteiger partial charge is 0.482 e. The summed E-state index contributed by atoms with van der Waals surface area (Å²) in [6.07, 6.45) is 1.14. The zero-order valence-electron chi connectivity index (χ0n) is 13.3. The van der Waals surface area contributed by atoms with E-state index in [9.17, 15) is 14.4 Å². The van der Waals surface area contributed by atoms with E-state index in [1.54, 1.807) is 0 Å². The predicted molar refractivity (Wildman–Crippen MR) is 88.7 cm³/mol. The van der Waals surface area contributed by atoms with Crippen molar-refractivity contribution in [3.8, 4) is 5.75 Å². The number of hydrogen-bond acceptors (Lipinski definition) is 5. The number of fused-ring (bicyclic) bond motifs is 2. The Morgan fingerprint density at radius 2 is 1.92 bits per heavy atom. The van der Waals surface area contributed by atoms with Crippen molar-refractivity contribution in [2.45, 2.75) is 12.8 Å². The van der Waals surface area contributed by atoms with Gasteiger partial charge in [-0.3, -0.25) is 19.1 Å². The molecule has 2 amide bonds. The second kappa shape index (κ2) is 5.97. The Kier molecular flexibility index (Phi) is 3.64. The van der Waals surface area contributed by atoms with E-state index in [-0.39, 0.29) is 42.1 Å². The van der Waals surface area contributed by atoms with Gasteiger partial charge in [0, 0.05) is 12.3 Å². The number of carbonyl (C=O) groups is 2. The molecular formula is C17H16N4O4. The smallest absolute Gasteiger partial charge is 0.278 e. The highest BCUT2D eigenvalue weighted by atomic mass is 16.5. The number of carbonyl (C=O) groups excluding carboxylic acids is 2. The third-order valence-electron chi connectivity index (χ3n) is 4.22. The molecule has 0 bridgehead atoms. The zero-order valence-corrected chi connectivity index (χ0v) is 13.3. The fourth-order valence-electron chi connectivity index (χ4n) is 2.96. The fraction of sp³-hybridized carbons (Fsp3) is 0.235. The molecule has 25 heavy (non-hydrogen) atoms. The van der Waals surface area contributed by atoms with Crippen molar-refractivity contribution in [2.75, 3.05) is 18.5 Å². The number of ether oxygens (including phenoxy) is 1. The summed E-state index contributed by atoms with van der Waals surface area (Å²) in [5.41, 5.74) is 3.72. The summed E-state index contributed by atoms with van der Waals surface area (Å²) in [6.45, 7) is 0.415. The minimum Gasteiger partial charge on any atom is -0.482 e. The Hall–Kier alpha value is -3.29. The van der Waals surface area contributed by atoms with Gasteiger partial charge in [-0.25, -0.2) is 0 Å². The molecule has 0 saturated carbocycles. The van der Waals surface area contributed by atoms with Gasteiger partial charge in [0.2, 0.25) is 11.3 Å². The highest BCUT2D eigenvalue weighted by molar-refractivity contribution is 5.99. The molecule has 2 aromatic rings. The topological polar surface area (TPSA) is 92.7 Å². The van der Waals surface area contributed by atoms with Crippen LogP contribution in [0.15, 0.2) is 47.4 Å². The number of rotatable bonds is 3. The summed E-state index contributed by atoms with van der Waals surface area (Å²) in [6, 6.07) is 10.7. The molecule has 2 N–H and O–H groups in total. The van der Waals surface area contributed by atoms with Gasteiger partial charge in [0.25, 0.3) is 5.91 Å². The number of piperazine rings is 1. The predicted octanol–water partition coefficient (Wildman–Crippen LogP) is -0.117. The molecule has 2 aliphatic heterocycles. The lowest BCUT2D eigenvalue weighted by Gasteiger charge is -2.41. The first-order valence-corrected chi connectivity index (χ1v) is 7.90. The number of nitrogens with one attached hydrogen (secondary N) is 2. The van der Waals surface area contributed by atoms with Crippen LogP contribution in [0.5, 0.6) is 5.75 Å². The first kappa shape index (κ1) is 15.3. The van der Waals surface area contributed by atoms with E-state index in [2.05, 4.69) is 10.7 Å². The molecule has 128 valence electrons. The average molecular weight is 340 g/mol. The standard InChI is InChI=1S/C17H16N4O4/c22-12-6-7-21-15(16(12)25-10-11-4-2-1-3-5-11)17(24)20-9-14(23)18-8-13(20)19-21/h1-7,13,19H,8-10H2,(H,18,23)/t13-/m0/s1. The zero-order chi connectivity index (χ0) is 17.4.